The van der Waals surface area contributed by atoms with Crippen molar-refractivity contribution in [1.29, 1.82) is 0 Å². The SMILES string of the molecule is Cc1ccc(C)c(Cn2c(=O)n(CCC(=O)NCc3ccccc3)c(=O)c3sccc32)c1. The van der Waals surface area contributed by atoms with Crippen molar-refractivity contribution in [1.82, 2.24) is 14.5 Å². The van der Waals surface area contributed by atoms with Crippen LogP contribution in [0.4, 0.5) is 0 Å². The van der Waals surface area contributed by atoms with Crippen molar-refractivity contribution in [3.63, 3.8) is 0 Å². The minimum Gasteiger partial charge on any atom is -0.352 e. The van der Waals surface area contributed by atoms with Gasteiger partial charge in [-0.1, -0.05) is 54.1 Å². The zero-order valence-electron chi connectivity index (χ0n) is 18.1. The zero-order chi connectivity index (χ0) is 22.7. The van der Waals surface area contributed by atoms with Gasteiger partial charge in [-0.3, -0.25) is 18.7 Å². The predicted molar refractivity (Wildman–Crippen MR) is 128 cm³/mol. The topological polar surface area (TPSA) is 73.1 Å². The summed E-state index contributed by atoms with van der Waals surface area (Å²) in [6, 6.07) is 17.6. The summed E-state index contributed by atoms with van der Waals surface area (Å²) in [7, 11) is 0. The molecule has 4 rings (SSSR count). The summed E-state index contributed by atoms with van der Waals surface area (Å²) in [5.74, 6) is -0.201. The van der Waals surface area contributed by atoms with Gasteiger partial charge in [0.05, 0.1) is 12.1 Å². The normalized spacial score (nSPS) is 11.1. The van der Waals surface area contributed by atoms with Crippen LogP contribution in [0.25, 0.3) is 10.2 Å². The maximum Gasteiger partial charge on any atom is 0.331 e. The Balaban J connectivity index is 1.59. The first-order valence-electron chi connectivity index (χ1n) is 10.5. The number of carbonyl (C=O) groups excluding carboxylic acids is 1. The minimum absolute atomic E-state index is 0.0406. The van der Waals surface area contributed by atoms with E-state index in [0.29, 0.717) is 23.3 Å². The van der Waals surface area contributed by atoms with E-state index in [2.05, 4.69) is 11.4 Å². The van der Waals surface area contributed by atoms with Crippen LogP contribution in [-0.2, 0) is 24.4 Å². The Kier molecular flexibility index (Phi) is 6.37. The highest BCUT2D eigenvalue weighted by Crippen LogP contribution is 2.18. The second kappa shape index (κ2) is 9.36. The average molecular weight is 448 g/mol. The van der Waals surface area contributed by atoms with E-state index in [4.69, 9.17) is 0 Å². The van der Waals surface area contributed by atoms with E-state index >= 15 is 0 Å². The maximum atomic E-state index is 13.3. The number of nitrogens with zero attached hydrogens (tertiary/aromatic N) is 2. The van der Waals surface area contributed by atoms with E-state index in [0.717, 1.165) is 22.3 Å². The molecule has 1 amide bonds. The lowest BCUT2D eigenvalue weighted by Crippen LogP contribution is -2.41. The van der Waals surface area contributed by atoms with Crippen LogP contribution in [0.1, 0.15) is 28.7 Å². The van der Waals surface area contributed by atoms with Crippen molar-refractivity contribution in [3.05, 3.63) is 103 Å². The molecule has 2 aromatic heterocycles. The van der Waals surface area contributed by atoms with Crippen LogP contribution in [0.15, 0.2) is 69.6 Å². The Morgan fingerprint density at radius 1 is 1.00 bits per heavy atom. The molecule has 0 radical (unpaired) electrons. The highest BCUT2D eigenvalue weighted by atomic mass is 32.1. The second-order valence-corrected chi connectivity index (χ2v) is 8.82. The fourth-order valence-electron chi connectivity index (χ4n) is 3.72. The summed E-state index contributed by atoms with van der Waals surface area (Å²) in [4.78, 5) is 38.6. The number of carbonyl (C=O) groups is 1. The molecule has 32 heavy (non-hydrogen) atoms. The van der Waals surface area contributed by atoms with Gasteiger partial charge in [0.1, 0.15) is 4.70 Å². The third kappa shape index (κ3) is 4.57. The third-order valence-corrected chi connectivity index (χ3v) is 6.46. The van der Waals surface area contributed by atoms with Crippen molar-refractivity contribution in [2.45, 2.75) is 39.9 Å². The van der Waals surface area contributed by atoms with E-state index in [1.807, 2.05) is 67.8 Å². The monoisotopic (exact) mass is 447 g/mol. The molecule has 0 saturated heterocycles. The lowest BCUT2D eigenvalue weighted by Gasteiger charge is -2.14. The fraction of sp³-hybridized carbons (Fsp3) is 0.240. The molecular formula is C25H25N3O3S. The van der Waals surface area contributed by atoms with Crippen molar-refractivity contribution in [2.75, 3.05) is 0 Å². The van der Waals surface area contributed by atoms with Gasteiger partial charge in [0.25, 0.3) is 5.56 Å². The lowest BCUT2D eigenvalue weighted by atomic mass is 10.1. The van der Waals surface area contributed by atoms with Crippen LogP contribution in [0.3, 0.4) is 0 Å². The molecule has 6 nitrogen and oxygen atoms in total. The second-order valence-electron chi connectivity index (χ2n) is 7.90. The van der Waals surface area contributed by atoms with Crippen LogP contribution in [0, 0.1) is 13.8 Å². The molecule has 2 heterocycles. The van der Waals surface area contributed by atoms with Crippen LogP contribution >= 0.6 is 11.3 Å². The molecule has 164 valence electrons. The highest BCUT2D eigenvalue weighted by molar-refractivity contribution is 7.17. The summed E-state index contributed by atoms with van der Waals surface area (Å²) in [5, 5.41) is 4.67. The maximum absolute atomic E-state index is 13.3. The molecule has 0 fully saturated rings. The fourth-order valence-corrected chi connectivity index (χ4v) is 4.57. The number of rotatable bonds is 7. The molecule has 0 bridgehead atoms. The number of amides is 1. The Hall–Kier alpha value is -3.45. The standard InChI is InChI=1S/C25H25N3O3S/c1-17-8-9-18(2)20(14-17)16-28-21-11-13-32-23(21)24(30)27(25(28)31)12-10-22(29)26-15-19-6-4-3-5-7-19/h3-9,11,13-14H,10,12,15-16H2,1-2H3,(H,26,29). The van der Waals surface area contributed by atoms with Crippen LogP contribution in [0.5, 0.6) is 0 Å². The molecule has 0 unspecified atom stereocenters. The summed E-state index contributed by atoms with van der Waals surface area (Å²) in [6.07, 6.45) is 0.0579. The smallest absolute Gasteiger partial charge is 0.331 e. The number of thiophene rings is 1. The van der Waals surface area contributed by atoms with Gasteiger partial charge in [0.2, 0.25) is 5.91 Å². The molecular weight excluding hydrogens is 422 g/mol. The van der Waals surface area contributed by atoms with E-state index in [9.17, 15) is 14.4 Å². The van der Waals surface area contributed by atoms with Crippen LogP contribution in [-0.4, -0.2) is 15.0 Å². The van der Waals surface area contributed by atoms with Crippen molar-refractivity contribution in [3.8, 4) is 0 Å². The van der Waals surface area contributed by atoms with Crippen LogP contribution in [0.2, 0.25) is 0 Å². The van der Waals surface area contributed by atoms with Gasteiger partial charge in [-0.05, 0) is 42.0 Å². The Bertz CT molecular complexity index is 1380. The first kappa shape index (κ1) is 21.8. The van der Waals surface area contributed by atoms with E-state index in [1.54, 1.807) is 4.57 Å². The van der Waals surface area contributed by atoms with Gasteiger partial charge in [0, 0.05) is 19.5 Å². The minimum atomic E-state index is -0.391. The van der Waals surface area contributed by atoms with Crippen molar-refractivity contribution >= 4 is 27.5 Å². The average Bonchev–Trinajstić information content (AvgIpc) is 3.28. The van der Waals surface area contributed by atoms with Gasteiger partial charge in [0.15, 0.2) is 0 Å². The summed E-state index contributed by atoms with van der Waals surface area (Å²) in [6.45, 7) is 4.85. The number of nitrogens with one attached hydrogen (secondary N) is 1. The number of fused-ring (bicyclic) bond motifs is 1. The Labute approximate surface area is 189 Å². The zero-order valence-corrected chi connectivity index (χ0v) is 18.9. The first-order valence-corrected chi connectivity index (χ1v) is 11.4. The Morgan fingerprint density at radius 3 is 2.56 bits per heavy atom. The van der Waals surface area contributed by atoms with Gasteiger partial charge in [-0.25, -0.2) is 4.79 Å². The van der Waals surface area contributed by atoms with E-state index in [1.165, 1.54) is 15.9 Å². The van der Waals surface area contributed by atoms with E-state index in [-0.39, 0.29) is 24.4 Å². The quantitative estimate of drug-likeness (QED) is 0.471. The number of hydrogen-bond acceptors (Lipinski definition) is 4. The molecule has 0 saturated carbocycles. The molecule has 0 aliphatic heterocycles. The Morgan fingerprint density at radius 2 is 1.78 bits per heavy atom. The number of benzene rings is 2. The number of aromatic nitrogens is 2. The molecule has 1 N–H and O–H groups in total. The number of aryl methyl sites for hydroxylation is 2. The van der Waals surface area contributed by atoms with Gasteiger partial charge in [-0.2, -0.15) is 0 Å². The summed E-state index contributed by atoms with van der Waals surface area (Å²) < 4.78 is 3.35. The number of hydrogen-bond donors (Lipinski definition) is 1. The highest BCUT2D eigenvalue weighted by Gasteiger charge is 2.16. The summed E-state index contributed by atoms with van der Waals surface area (Å²) >= 11 is 1.32. The van der Waals surface area contributed by atoms with E-state index < -0.39 is 5.69 Å². The van der Waals surface area contributed by atoms with Crippen molar-refractivity contribution in [2.24, 2.45) is 0 Å². The molecule has 0 aliphatic rings. The van der Waals surface area contributed by atoms with Gasteiger partial charge in [-0.15, -0.1) is 11.3 Å². The predicted octanol–water partition coefficient (Wildman–Crippen LogP) is 3.60. The molecule has 0 atom stereocenters. The lowest BCUT2D eigenvalue weighted by molar-refractivity contribution is -0.121. The molecule has 0 aliphatic carbocycles. The van der Waals surface area contributed by atoms with Crippen molar-refractivity contribution < 1.29 is 4.79 Å². The molecule has 0 spiro atoms. The van der Waals surface area contributed by atoms with Gasteiger partial charge < -0.3 is 5.32 Å². The summed E-state index contributed by atoms with van der Waals surface area (Å²) in [5.41, 5.74) is 4.13. The molecule has 2 aromatic carbocycles. The van der Waals surface area contributed by atoms with Crippen LogP contribution < -0.4 is 16.6 Å². The largest absolute Gasteiger partial charge is 0.352 e. The molecule has 7 heteroatoms. The van der Waals surface area contributed by atoms with Gasteiger partial charge >= 0.3 is 5.69 Å². The third-order valence-electron chi connectivity index (χ3n) is 5.56. The molecule has 4 aromatic rings. The first-order chi connectivity index (χ1) is 15.4.